The van der Waals surface area contributed by atoms with Crippen molar-refractivity contribution in [2.45, 2.75) is 26.2 Å². The lowest BCUT2D eigenvalue weighted by atomic mass is 10.2. The molecule has 1 heterocycles. The van der Waals surface area contributed by atoms with E-state index in [0.29, 0.717) is 23.9 Å². The van der Waals surface area contributed by atoms with E-state index >= 15 is 0 Å². The van der Waals surface area contributed by atoms with Crippen molar-refractivity contribution in [3.8, 4) is 17.1 Å². The van der Waals surface area contributed by atoms with E-state index in [1.807, 2.05) is 19.1 Å². The lowest BCUT2D eigenvalue weighted by Gasteiger charge is -2.11. The average molecular weight is 386 g/mol. The number of amides is 1. The Kier molecular flexibility index (Phi) is 6.37. The summed E-state index contributed by atoms with van der Waals surface area (Å²) in [6.45, 7) is 2.57. The number of ether oxygens (including phenoxy) is 1. The summed E-state index contributed by atoms with van der Waals surface area (Å²) in [5, 5.41) is 2.81. The van der Waals surface area contributed by atoms with Gasteiger partial charge in [-0.15, -0.1) is 0 Å². The van der Waals surface area contributed by atoms with E-state index in [1.54, 1.807) is 12.1 Å². The SMILES string of the molecule is CCCOc1ccccc1NC(=O)CCc1ncc(-c2ccc(F)cc2F)o1. The summed E-state index contributed by atoms with van der Waals surface area (Å²) in [7, 11) is 0. The maximum Gasteiger partial charge on any atom is 0.224 e. The number of nitrogens with zero attached hydrogens (tertiary/aromatic N) is 1. The second-order valence-electron chi connectivity index (χ2n) is 6.14. The number of carbonyl (C=O) groups is 1. The Bertz CT molecular complexity index is 956. The van der Waals surface area contributed by atoms with Crippen LogP contribution in [0.25, 0.3) is 11.3 Å². The summed E-state index contributed by atoms with van der Waals surface area (Å²) in [6, 6.07) is 10.4. The minimum atomic E-state index is -0.732. The minimum Gasteiger partial charge on any atom is -0.491 e. The van der Waals surface area contributed by atoms with Gasteiger partial charge in [-0.2, -0.15) is 0 Å². The Balaban J connectivity index is 1.59. The van der Waals surface area contributed by atoms with Gasteiger partial charge in [-0.05, 0) is 30.7 Å². The first kappa shape index (κ1) is 19.5. The molecule has 0 saturated heterocycles. The van der Waals surface area contributed by atoms with Gasteiger partial charge in [-0.25, -0.2) is 13.8 Å². The van der Waals surface area contributed by atoms with Gasteiger partial charge in [0.2, 0.25) is 5.91 Å². The van der Waals surface area contributed by atoms with Gasteiger partial charge in [0.05, 0.1) is 24.1 Å². The Labute approximate surface area is 161 Å². The first-order valence-corrected chi connectivity index (χ1v) is 8.98. The molecule has 0 bridgehead atoms. The van der Waals surface area contributed by atoms with Gasteiger partial charge in [-0.1, -0.05) is 19.1 Å². The van der Waals surface area contributed by atoms with Crippen molar-refractivity contribution in [1.82, 2.24) is 4.98 Å². The highest BCUT2D eigenvalue weighted by atomic mass is 19.1. The number of hydrogen-bond acceptors (Lipinski definition) is 4. The third-order valence-corrected chi connectivity index (χ3v) is 3.94. The van der Waals surface area contributed by atoms with Crippen molar-refractivity contribution in [2.24, 2.45) is 0 Å². The Morgan fingerprint density at radius 3 is 2.82 bits per heavy atom. The third kappa shape index (κ3) is 4.94. The Morgan fingerprint density at radius 1 is 1.21 bits per heavy atom. The first-order chi connectivity index (χ1) is 13.6. The number of aromatic nitrogens is 1. The maximum absolute atomic E-state index is 13.8. The molecule has 5 nitrogen and oxygen atoms in total. The highest BCUT2D eigenvalue weighted by Crippen LogP contribution is 2.26. The molecular weight excluding hydrogens is 366 g/mol. The fourth-order valence-electron chi connectivity index (χ4n) is 2.58. The summed E-state index contributed by atoms with van der Waals surface area (Å²) < 4.78 is 37.9. The van der Waals surface area contributed by atoms with E-state index in [0.717, 1.165) is 18.6 Å². The molecule has 7 heteroatoms. The van der Waals surface area contributed by atoms with Crippen LogP contribution < -0.4 is 10.1 Å². The normalized spacial score (nSPS) is 10.7. The molecule has 1 aromatic heterocycles. The molecular formula is C21H20F2N2O3. The summed E-state index contributed by atoms with van der Waals surface area (Å²) in [6.07, 6.45) is 2.60. The summed E-state index contributed by atoms with van der Waals surface area (Å²) in [4.78, 5) is 16.3. The number of benzene rings is 2. The Hall–Kier alpha value is -3.22. The molecule has 0 radical (unpaired) electrons. The van der Waals surface area contributed by atoms with Gasteiger partial charge < -0.3 is 14.5 Å². The van der Waals surface area contributed by atoms with E-state index in [-0.39, 0.29) is 30.1 Å². The number of oxazole rings is 1. The van der Waals surface area contributed by atoms with Crippen molar-refractivity contribution in [3.05, 3.63) is 66.2 Å². The predicted octanol–water partition coefficient (Wildman–Crippen LogP) is 4.98. The van der Waals surface area contributed by atoms with Crippen LogP contribution in [-0.4, -0.2) is 17.5 Å². The Morgan fingerprint density at radius 2 is 2.04 bits per heavy atom. The fourth-order valence-corrected chi connectivity index (χ4v) is 2.58. The molecule has 146 valence electrons. The third-order valence-electron chi connectivity index (χ3n) is 3.94. The molecule has 1 N–H and O–H groups in total. The van der Waals surface area contributed by atoms with E-state index in [1.165, 1.54) is 12.3 Å². The molecule has 0 spiro atoms. The van der Waals surface area contributed by atoms with E-state index in [2.05, 4.69) is 10.3 Å². The number of rotatable bonds is 8. The quantitative estimate of drug-likeness (QED) is 0.593. The van der Waals surface area contributed by atoms with Crippen LogP contribution in [0, 0.1) is 11.6 Å². The van der Waals surface area contributed by atoms with Crippen LogP contribution >= 0.6 is 0 Å². The smallest absolute Gasteiger partial charge is 0.224 e. The second kappa shape index (κ2) is 9.12. The van der Waals surface area contributed by atoms with Crippen LogP contribution in [0.2, 0.25) is 0 Å². The molecule has 3 rings (SSSR count). The van der Waals surface area contributed by atoms with Crippen LogP contribution in [0.5, 0.6) is 5.75 Å². The zero-order valence-electron chi connectivity index (χ0n) is 15.4. The van der Waals surface area contributed by atoms with Gasteiger partial charge in [-0.3, -0.25) is 4.79 Å². The molecule has 0 aliphatic carbocycles. The molecule has 2 aromatic carbocycles. The number of para-hydroxylation sites is 2. The minimum absolute atomic E-state index is 0.117. The molecule has 0 aliphatic rings. The second-order valence-corrected chi connectivity index (χ2v) is 6.14. The highest BCUT2D eigenvalue weighted by Gasteiger charge is 2.14. The lowest BCUT2D eigenvalue weighted by molar-refractivity contribution is -0.116. The summed E-state index contributed by atoms with van der Waals surface area (Å²) >= 11 is 0. The molecule has 0 atom stereocenters. The van der Waals surface area contributed by atoms with Crippen molar-refractivity contribution in [2.75, 3.05) is 11.9 Å². The summed E-state index contributed by atoms with van der Waals surface area (Å²) in [5.41, 5.74) is 0.717. The van der Waals surface area contributed by atoms with Crippen LogP contribution in [0.1, 0.15) is 25.7 Å². The molecule has 1 amide bonds. The molecule has 0 aliphatic heterocycles. The van der Waals surface area contributed by atoms with E-state index in [4.69, 9.17) is 9.15 Å². The average Bonchev–Trinajstić information content (AvgIpc) is 3.14. The summed E-state index contributed by atoms with van der Waals surface area (Å²) in [5.74, 6) is -0.524. The first-order valence-electron chi connectivity index (χ1n) is 8.98. The van der Waals surface area contributed by atoms with Crippen LogP contribution in [-0.2, 0) is 11.2 Å². The molecule has 3 aromatic rings. The van der Waals surface area contributed by atoms with Crippen LogP contribution in [0.3, 0.4) is 0 Å². The predicted molar refractivity (Wildman–Crippen MR) is 101 cm³/mol. The molecule has 28 heavy (non-hydrogen) atoms. The number of anilines is 1. The van der Waals surface area contributed by atoms with Gasteiger partial charge in [0.1, 0.15) is 17.4 Å². The lowest BCUT2D eigenvalue weighted by Crippen LogP contribution is -2.13. The zero-order valence-corrected chi connectivity index (χ0v) is 15.4. The largest absolute Gasteiger partial charge is 0.491 e. The fraction of sp³-hybridized carbons (Fsp3) is 0.238. The molecule has 0 saturated carbocycles. The molecule has 0 unspecified atom stereocenters. The van der Waals surface area contributed by atoms with Crippen molar-refractivity contribution in [1.29, 1.82) is 0 Å². The van der Waals surface area contributed by atoms with Gasteiger partial charge in [0.25, 0.3) is 0 Å². The standard InChI is InChI=1S/C21H20F2N2O3/c1-2-11-27-18-6-4-3-5-17(18)25-20(26)9-10-21-24-13-19(28-21)15-8-7-14(22)12-16(15)23/h3-8,12-13H,2,9-11H2,1H3,(H,25,26). The number of aryl methyl sites for hydroxylation is 1. The van der Waals surface area contributed by atoms with Crippen LogP contribution in [0.4, 0.5) is 14.5 Å². The number of carbonyl (C=O) groups excluding carboxylic acids is 1. The highest BCUT2D eigenvalue weighted by molar-refractivity contribution is 5.92. The van der Waals surface area contributed by atoms with Gasteiger partial charge in [0.15, 0.2) is 11.7 Å². The number of nitrogens with one attached hydrogen (secondary N) is 1. The van der Waals surface area contributed by atoms with Crippen molar-refractivity contribution in [3.63, 3.8) is 0 Å². The topological polar surface area (TPSA) is 64.4 Å². The van der Waals surface area contributed by atoms with Crippen molar-refractivity contribution < 1.29 is 22.7 Å². The zero-order chi connectivity index (χ0) is 19.9. The number of halogens is 2. The molecule has 0 fully saturated rings. The van der Waals surface area contributed by atoms with Crippen LogP contribution in [0.15, 0.2) is 53.1 Å². The van der Waals surface area contributed by atoms with Crippen molar-refractivity contribution >= 4 is 11.6 Å². The maximum atomic E-state index is 13.8. The van der Waals surface area contributed by atoms with E-state index < -0.39 is 11.6 Å². The monoisotopic (exact) mass is 386 g/mol. The number of hydrogen-bond donors (Lipinski definition) is 1. The van der Waals surface area contributed by atoms with Gasteiger partial charge in [0, 0.05) is 18.9 Å². The van der Waals surface area contributed by atoms with Gasteiger partial charge >= 0.3 is 0 Å². The van der Waals surface area contributed by atoms with E-state index in [9.17, 15) is 13.6 Å².